The molecule has 0 aromatic heterocycles. The summed E-state index contributed by atoms with van der Waals surface area (Å²) in [6, 6.07) is 0.266. The number of nitrogens with zero attached hydrogens (tertiary/aromatic N) is 1. The van der Waals surface area contributed by atoms with Crippen LogP contribution >= 0.6 is 0 Å². The van der Waals surface area contributed by atoms with Gasteiger partial charge in [0.25, 0.3) is 0 Å². The average molecular weight is 200 g/mol. The summed E-state index contributed by atoms with van der Waals surface area (Å²) in [7, 11) is 1.43. The highest BCUT2D eigenvalue weighted by atomic mass is 16.5. The van der Waals surface area contributed by atoms with E-state index in [0.717, 1.165) is 19.5 Å². The molecule has 0 radical (unpaired) electrons. The molecule has 0 aromatic carbocycles. The van der Waals surface area contributed by atoms with Crippen molar-refractivity contribution in [1.29, 1.82) is 0 Å². The molecular weight excluding hydrogens is 180 g/mol. The van der Waals surface area contributed by atoms with Crippen LogP contribution in [0.15, 0.2) is 0 Å². The number of ether oxygens (including phenoxy) is 1. The lowest BCUT2D eigenvalue weighted by Crippen LogP contribution is -2.52. The summed E-state index contributed by atoms with van der Waals surface area (Å²) >= 11 is 0. The fourth-order valence-electron chi connectivity index (χ4n) is 1.93. The van der Waals surface area contributed by atoms with Crippen molar-refractivity contribution in [2.24, 2.45) is 0 Å². The lowest BCUT2D eigenvalue weighted by Gasteiger charge is -2.38. The third-order valence-corrected chi connectivity index (χ3v) is 2.49. The van der Waals surface area contributed by atoms with E-state index < -0.39 is 0 Å². The van der Waals surface area contributed by atoms with Crippen molar-refractivity contribution in [3.8, 4) is 0 Å². The predicted molar refractivity (Wildman–Crippen MR) is 55.3 cm³/mol. The summed E-state index contributed by atoms with van der Waals surface area (Å²) in [6.45, 7) is 7.94. The molecule has 0 unspecified atom stereocenters. The minimum Gasteiger partial charge on any atom is -0.453 e. The highest BCUT2D eigenvalue weighted by molar-refractivity contribution is 5.69. The van der Waals surface area contributed by atoms with Gasteiger partial charge in [-0.15, -0.1) is 0 Å². The van der Waals surface area contributed by atoms with Gasteiger partial charge in [-0.1, -0.05) is 0 Å². The molecule has 1 rings (SSSR count). The van der Waals surface area contributed by atoms with Crippen molar-refractivity contribution in [2.75, 3.05) is 20.2 Å². The van der Waals surface area contributed by atoms with Crippen molar-refractivity contribution in [3.05, 3.63) is 0 Å². The Bertz CT molecular complexity index is 205. The fourth-order valence-corrected chi connectivity index (χ4v) is 1.93. The first-order valence-electron chi connectivity index (χ1n) is 5.05. The number of amides is 1. The van der Waals surface area contributed by atoms with Gasteiger partial charge in [0.1, 0.15) is 0 Å². The number of nitrogens with one attached hydrogen (secondary N) is 1. The molecule has 14 heavy (non-hydrogen) atoms. The Labute approximate surface area is 85.6 Å². The molecule has 0 spiro atoms. The Morgan fingerprint density at radius 2 is 2.14 bits per heavy atom. The molecule has 0 aliphatic carbocycles. The van der Waals surface area contributed by atoms with E-state index in [1.165, 1.54) is 7.11 Å². The lowest BCUT2D eigenvalue weighted by molar-refractivity contribution is 0.0617. The van der Waals surface area contributed by atoms with Crippen LogP contribution in [0.25, 0.3) is 0 Å². The third-order valence-electron chi connectivity index (χ3n) is 2.49. The minimum atomic E-state index is -0.230. The molecule has 0 aromatic rings. The van der Waals surface area contributed by atoms with E-state index in [0.29, 0.717) is 0 Å². The van der Waals surface area contributed by atoms with Gasteiger partial charge in [-0.05, 0) is 33.7 Å². The predicted octanol–water partition coefficient (Wildman–Crippen LogP) is 1.22. The Kier molecular flexibility index (Phi) is 3.37. The van der Waals surface area contributed by atoms with E-state index in [-0.39, 0.29) is 17.7 Å². The van der Waals surface area contributed by atoms with E-state index >= 15 is 0 Å². The number of hydrogen-bond donors (Lipinski definition) is 1. The largest absolute Gasteiger partial charge is 0.453 e. The number of methoxy groups -OCH3 is 1. The molecular formula is C10H20N2O2. The molecule has 4 nitrogen and oxygen atoms in total. The Hall–Kier alpha value is -0.770. The summed E-state index contributed by atoms with van der Waals surface area (Å²) in [6.07, 6.45) is 0.776. The molecule has 1 atom stereocenters. The van der Waals surface area contributed by atoms with Crippen LogP contribution in [0.5, 0.6) is 0 Å². The van der Waals surface area contributed by atoms with E-state index in [2.05, 4.69) is 5.32 Å². The van der Waals surface area contributed by atoms with Crippen LogP contribution < -0.4 is 5.32 Å². The van der Waals surface area contributed by atoms with Crippen molar-refractivity contribution in [2.45, 2.75) is 38.8 Å². The summed E-state index contributed by atoms with van der Waals surface area (Å²) in [4.78, 5) is 13.4. The van der Waals surface area contributed by atoms with E-state index in [1.54, 1.807) is 0 Å². The van der Waals surface area contributed by atoms with Gasteiger partial charge in [0.2, 0.25) is 0 Å². The van der Waals surface area contributed by atoms with Crippen molar-refractivity contribution < 1.29 is 9.53 Å². The van der Waals surface area contributed by atoms with E-state index in [4.69, 9.17) is 4.74 Å². The minimum absolute atomic E-state index is 0.177. The number of carbonyl (C=O) groups is 1. The Balaban J connectivity index is 2.75. The zero-order valence-corrected chi connectivity index (χ0v) is 9.46. The van der Waals surface area contributed by atoms with Gasteiger partial charge in [-0.3, -0.25) is 4.90 Å². The lowest BCUT2D eigenvalue weighted by atomic mass is 10.0. The van der Waals surface area contributed by atoms with Crippen LogP contribution in [0.4, 0.5) is 4.79 Å². The molecule has 1 aliphatic heterocycles. The topological polar surface area (TPSA) is 41.6 Å². The number of rotatable bonds is 1. The molecule has 1 N–H and O–H groups in total. The molecule has 1 aliphatic rings. The molecule has 1 amide bonds. The van der Waals surface area contributed by atoms with Crippen LogP contribution in [0, 0.1) is 0 Å². The van der Waals surface area contributed by atoms with Crippen LogP contribution in [-0.4, -0.2) is 42.8 Å². The standard InChI is InChI=1S/C10H20N2O2/c1-10(2,3)12(9(13)14-4)8-5-6-11-7-8/h8,11H,5-7H2,1-4H3/t8-/m1/s1. The monoisotopic (exact) mass is 200 g/mol. The normalized spacial score (nSPS) is 22.1. The van der Waals surface area contributed by atoms with Crippen LogP contribution in [-0.2, 0) is 4.74 Å². The Morgan fingerprint density at radius 3 is 2.50 bits per heavy atom. The smallest absolute Gasteiger partial charge is 0.410 e. The summed E-state index contributed by atoms with van der Waals surface area (Å²) in [5, 5.41) is 3.25. The summed E-state index contributed by atoms with van der Waals surface area (Å²) < 4.78 is 4.81. The molecule has 0 bridgehead atoms. The van der Waals surface area contributed by atoms with Gasteiger partial charge in [-0.2, -0.15) is 0 Å². The first-order valence-corrected chi connectivity index (χ1v) is 5.05. The van der Waals surface area contributed by atoms with Crippen LogP contribution in [0.2, 0.25) is 0 Å². The van der Waals surface area contributed by atoms with Gasteiger partial charge < -0.3 is 10.1 Å². The first-order chi connectivity index (χ1) is 6.46. The summed E-state index contributed by atoms with van der Waals surface area (Å²) in [5.74, 6) is 0. The number of hydrogen-bond acceptors (Lipinski definition) is 3. The van der Waals surface area contributed by atoms with Gasteiger partial charge in [0.15, 0.2) is 0 Å². The van der Waals surface area contributed by atoms with Gasteiger partial charge in [-0.25, -0.2) is 4.79 Å². The SMILES string of the molecule is COC(=O)N([C@@H]1CCNC1)C(C)(C)C. The zero-order chi connectivity index (χ0) is 10.8. The highest BCUT2D eigenvalue weighted by Gasteiger charge is 2.35. The quantitative estimate of drug-likeness (QED) is 0.692. The maximum absolute atomic E-state index is 11.6. The van der Waals surface area contributed by atoms with Gasteiger partial charge >= 0.3 is 6.09 Å². The maximum Gasteiger partial charge on any atom is 0.410 e. The molecule has 0 saturated carbocycles. The average Bonchev–Trinajstić information content (AvgIpc) is 2.54. The van der Waals surface area contributed by atoms with Crippen molar-refractivity contribution in [1.82, 2.24) is 10.2 Å². The molecule has 1 saturated heterocycles. The fraction of sp³-hybridized carbons (Fsp3) is 0.900. The molecule has 4 heteroatoms. The molecule has 1 heterocycles. The van der Waals surface area contributed by atoms with Crippen molar-refractivity contribution in [3.63, 3.8) is 0 Å². The van der Waals surface area contributed by atoms with E-state index in [9.17, 15) is 4.79 Å². The zero-order valence-electron chi connectivity index (χ0n) is 9.46. The number of carbonyl (C=O) groups excluding carboxylic acids is 1. The second-order valence-corrected chi connectivity index (χ2v) is 4.66. The van der Waals surface area contributed by atoms with Gasteiger partial charge in [0, 0.05) is 18.1 Å². The highest BCUT2D eigenvalue weighted by Crippen LogP contribution is 2.21. The maximum atomic E-state index is 11.6. The molecule has 1 fully saturated rings. The Morgan fingerprint density at radius 1 is 1.50 bits per heavy atom. The van der Waals surface area contributed by atoms with Crippen LogP contribution in [0.1, 0.15) is 27.2 Å². The first kappa shape index (κ1) is 11.3. The van der Waals surface area contributed by atoms with E-state index in [1.807, 2.05) is 25.7 Å². The van der Waals surface area contributed by atoms with Gasteiger partial charge in [0.05, 0.1) is 7.11 Å². The second-order valence-electron chi connectivity index (χ2n) is 4.66. The van der Waals surface area contributed by atoms with Crippen LogP contribution in [0.3, 0.4) is 0 Å². The molecule has 82 valence electrons. The third kappa shape index (κ3) is 2.38. The van der Waals surface area contributed by atoms with Crippen molar-refractivity contribution >= 4 is 6.09 Å². The second kappa shape index (κ2) is 4.17. The summed E-state index contributed by atoms with van der Waals surface area (Å²) in [5.41, 5.74) is -0.177.